The van der Waals surface area contributed by atoms with E-state index in [-0.39, 0.29) is 17.1 Å². The van der Waals surface area contributed by atoms with Crippen molar-refractivity contribution in [3.05, 3.63) is 69.9 Å². The van der Waals surface area contributed by atoms with Crippen LogP contribution in [0.15, 0.2) is 47.4 Å². The summed E-state index contributed by atoms with van der Waals surface area (Å²) in [4.78, 5) is 11.4. The summed E-state index contributed by atoms with van der Waals surface area (Å²) >= 11 is 0. The Balaban J connectivity index is 2.16. The van der Waals surface area contributed by atoms with Crippen LogP contribution in [0, 0.1) is 5.82 Å². The van der Waals surface area contributed by atoms with Crippen molar-refractivity contribution in [3.63, 3.8) is 0 Å². The number of aromatic nitrogens is 1. The molecule has 0 fully saturated rings. The van der Waals surface area contributed by atoms with Crippen LogP contribution in [0.25, 0.3) is 0 Å². The molecule has 0 bridgehead atoms. The first kappa shape index (κ1) is 14.5. The average Bonchev–Trinajstić information content (AvgIpc) is 2.36. The molecule has 0 amide bonds. The molecule has 0 unspecified atom stereocenters. The number of aryl methyl sites for hydroxylation is 1. The van der Waals surface area contributed by atoms with Gasteiger partial charge in [-0.1, -0.05) is 12.1 Å². The smallest absolute Gasteiger partial charge is 0.250 e. The second-order valence-corrected chi connectivity index (χ2v) is 6.71. The molecule has 0 saturated carbocycles. The van der Waals surface area contributed by atoms with Crippen LogP contribution in [0.4, 0.5) is 4.39 Å². The van der Waals surface area contributed by atoms with Gasteiger partial charge in [0.2, 0.25) is 0 Å². The Morgan fingerprint density at radius 3 is 2.25 bits per heavy atom. The predicted molar refractivity (Wildman–Crippen MR) is 74.4 cm³/mol. The van der Waals surface area contributed by atoms with Gasteiger partial charge in [-0.05, 0) is 29.3 Å². The number of pyridine rings is 1. The highest BCUT2D eigenvalue weighted by atomic mass is 32.2. The van der Waals surface area contributed by atoms with Crippen LogP contribution in [0.2, 0.25) is 0 Å². The molecule has 2 rings (SSSR count). The van der Waals surface area contributed by atoms with Crippen molar-refractivity contribution in [1.82, 2.24) is 4.57 Å². The van der Waals surface area contributed by atoms with Gasteiger partial charge in [0, 0.05) is 19.3 Å². The number of halogens is 1. The fraction of sp³-hybridized carbons (Fsp3) is 0.214. The van der Waals surface area contributed by atoms with Crippen LogP contribution in [0.1, 0.15) is 11.1 Å². The Morgan fingerprint density at radius 2 is 1.65 bits per heavy atom. The third-order valence-corrected chi connectivity index (χ3v) is 4.40. The maximum atomic E-state index is 12.8. The van der Waals surface area contributed by atoms with Crippen molar-refractivity contribution in [1.29, 1.82) is 0 Å². The zero-order chi connectivity index (χ0) is 14.8. The van der Waals surface area contributed by atoms with E-state index in [2.05, 4.69) is 0 Å². The van der Waals surface area contributed by atoms with Crippen LogP contribution in [0.5, 0.6) is 0 Å². The topological polar surface area (TPSA) is 56.1 Å². The van der Waals surface area contributed by atoms with Crippen LogP contribution in [-0.2, 0) is 28.4 Å². The van der Waals surface area contributed by atoms with E-state index in [0.29, 0.717) is 11.1 Å². The molecule has 6 heteroatoms. The maximum Gasteiger partial charge on any atom is 0.250 e. The maximum absolute atomic E-state index is 12.8. The van der Waals surface area contributed by atoms with E-state index >= 15 is 0 Å². The molecule has 1 aromatic heterocycles. The van der Waals surface area contributed by atoms with Crippen molar-refractivity contribution < 1.29 is 12.8 Å². The second kappa shape index (κ2) is 5.58. The van der Waals surface area contributed by atoms with Gasteiger partial charge in [0.25, 0.3) is 5.56 Å². The zero-order valence-corrected chi connectivity index (χ0v) is 11.7. The fourth-order valence-corrected chi connectivity index (χ4v) is 3.31. The highest BCUT2D eigenvalue weighted by molar-refractivity contribution is 7.89. The van der Waals surface area contributed by atoms with Crippen molar-refractivity contribution in [2.75, 3.05) is 0 Å². The number of sulfone groups is 1. The fourth-order valence-electron chi connectivity index (χ4n) is 1.82. The van der Waals surface area contributed by atoms with Crippen LogP contribution in [-0.4, -0.2) is 13.0 Å². The van der Waals surface area contributed by atoms with Gasteiger partial charge in [-0.15, -0.1) is 0 Å². The lowest BCUT2D eigenvalue weighted by molar-refractivity contribution is 0.594. The molecule has 2 aromatic rings. The molecule has 20 heavy (non-hydrogen) atoms. The van der Waals surface area contributed by atoms with Gasteiger partial charge in [0.15, 0.2) is 9.84 Å². The quantitative estimate of drug-likeness (QED) is 0.861. The lowest BCUT2D eigenvalue weighted by atomic mass is 10.2. The first-order valence-corrected chi connectivity index (χ1v) is 7.78. The summed E-state index contributed by atoms with van der Waals surface area (Å²) in [5.41, 5.74) is 0.727. The zero-order valence-electron chi connectivity index (χ0n) is 10.9. The normalized spacial score (nSPS) is 11.5. The molecule has 1 heterocycles. The van der Waals surface area contributed by atoms with Crippen molar-refractivity contribution >= 4 is 9.84 Å². The van der Waals surface area contributed by atoms with Gasteiger partial charge in [-0.3, -0.25) is 4.79 Å². The molecule has 106 valence electrons. The van der Waals surface area contributed by atoms with Crippen LogP contribution >= 0.6 is 0 Å². The van der Waals surface area contributed by atoms with Crippen molar-refractivity contribution in [3.8, 4) is 0 Å². The first-order chi connectivity index (χ1) is 9.35. The van der Waals surface area contributed by atoms with Gasteiger partial charge < -0.3 is 4.57 Å². The summed E-state index contributed by atoms with van der Waals surface area (Å²) in [6.45, 7) is 0. The largest absolute Gasteiger partial charge is 0.319 e. The molecule has 0 spiro atoms. The molecular weight excluding hydrogens is 281 g/mol. The number of benzene rings is 1. The summed E-state index contributed by atoms with van der Waals surface area (Å²) in [6.07, 6.45) is 1.53. The highest BCUT2D eigenvalue weighted by Crippen LogP contribution is 2.12. The Hall–Kier alpha value is -1.95. The lowest BCUT2D eigenvalue weighted by Crippen LogP contribution is -2.17. The number of nitrogens with zero attached hydrogens (tertiary/aromatic N) is 1. The molecule has 0 aliphatic heterocycles. The van der Waals surface area contributed by atoms with E-state index in [4.69, 9.17) is 0 Å². The monoisotopic (exact) mass is 295 g/mol. The SMILES string of the molecule is Cn1ccc(CS(=O)(=O)Cc2ccc(F)cc2)cc1=O. The highest BCUT2D eigenvalue weighted by Gasteiger charge is 2.13. The molecule has 1 aromatic carbocycles. The van der Waals surface area contributed by atoms with Gasteiger partial charge in [0.1, 0.15) is 5.82 Å². The Morgan fingerprint density at radius 1 is 1.05 bits per heavy atom. The lowest BCUT2D eigenvalue weighted by Gasteiger charge is -2.05. The molecule has 0 radical (unpaired) electrons. The minimum absolute atomic E-state index is 0.178. The standard InChI is InChI=1S/C14H14FNO3S/c1-16-7-6-12(8-14(16)17)10-20(18,19)9-11-2-4-13(15)5-3-11/h2-8H,9-10H2,1H3. The van der Waals surface area contributed by atoms with Crippen LogP contribution < -0.4 is 5.56 Å². The molecule has 4 nitrogen and oxygen atoms in total. The molecular formula is C14H14FNO3S. The van der Waals surface area contributed by atoms with Crippen molar-refractivity contribution in [2.45, 2.75) is 11.5 Å². The third-order valence-electron chi connectivity index (χ3n) is 2.86. The van der Waals surface area contributed by atoms with E-state index in [1.54, 1.807) is 13.1 Å². The van der Waals surface area contributed by atoms with Gasteiger partial charge in [0.05, 0.1) is 11.5 Å². The van der Waals surface area contributed by atoms with E-state index in [9.17, 15) is 17.6 Å². The summed E-state index contributed by atoms with van der Waals surface area (Å²) in [7, 11) is -1.80. The summed E-state index contributed by atoms with van der Waals surface area (Å²) in [5, 5.41) is 0. The molecule has 0 atom stereocenters. The minimum atomic E-state index is -3.40. The first-order valence-electron chi connectivity index (χ1n) is 5.96. The molecule has 0 saturated heterocycles. The van der Waals surface area contributed by atoms with E-state index in [1.807, 2.05) is 0 Å². The molecule has 0 aliphatic rings. The third kappa shape index (κ3) is 3.77. The summed E-state index contributed by atoms with van der Waals surface area (Å²) < 4.78 is 38.2. The number of hydrogen-bond acceptors (Lipinski definition) is 3. The van der Waals surface area contributed by atoms with Gasteiger partial charge in [-0.2, -0.15) is 0 Å². The van der Waals surface area contributed by atoms with Gasteiger partial charge >= 0.3 is 0 Å². The Labute approximate surface area is 116 Å². The second-order valence-electron chi connectivity index (χ2n) is 4.64. The van der Waals surface area contributed by atoms with Gasteiger partial charge in [-0.25, -0.2) is 12.8 Å². The minimum Gasteiger partial charge on any atom is -0.319 e. The van der Waals surface area contributed by atoms with Crippen LogP contribution in [0.3, 0.4) is 0 Å². The average molecular weight is 295 g/mol. The van der Waals surface area contributed by atoms with E-state index in [0.717, 1.165) is 0 Å². The molecule has 0 aliphatic carbocycles. The van der Waals surface area contributed by atoms with E-state index in [1.165, 1.54) is 41.1 Å². The van der Waals surface area contributed by atoms with Crippen molar-refractivity contribution in [2.24, 2.45) is 7.05 Å². The Kier molecular flexibility index (Phi) is 4.04. The predicted octanol–water partition coefficient (Wildman–Crippen LogP) is 1.64. The van der Waals surface area contributed by atoms with E-state index < -0.39 is 15.7 Å². The molecule has 0 N–H and O–H groups in total. The summed E-state index contributed by atoms with van der Waals surface area (Å²) in [5.74, 6) is -0.791. The Bertz CT molecular complexity index is 764. The number of rotatable bonds is 4. The summed E-state index contributed by atoms with van der Waals surface area (Å²) in [6, 6.07) is 8.24. The number of hydrogen-bond donors (Lipinski definition) is 0.